The van der Waals surface area contributed by atoms with Crippen LogP contribution in [0.5, 0.6) is 0 Å². The molecule has 0 unspecified atom stereocenters. The number of nitrogens with one attached hydrogen (secondary N) is 2. The van der Waals surface area contributed by atoms with Crippen LogP contribution in [-0.4, -0.2) is 75.5 Å². The first-order valence-corrected chi connectivity index (χ1v) is 17.8. The number of benzene rings is 1. The molecule has 0 fully saturated rings. The first-order chi connectivity index (χ1) is 21.4. The summed E-state index contributed by atoms with van der Waals surface area (Å²) < 4.78 is 10.7. The van der Waals surface area contributed by atoms with Crippen molar-refractivity contribution in [2.75, 3.05) is 64.1 Å². The average Bonchev–Trinajstić information content (AvgIpc) is 3.00. The average molecular weight is 619 g/mol. The van der Waals surface area contributed by atoms with Crippen molar-refractivity contribution in [3.63, 3.8) is 0 Å². The molecule has 0 spiro atoms. The monoisotopic (exact) mass is 619 g/mol. The van der Waals surface area contributed by atoms with Crippen LogP contribution < -0.4 is 10.6 Å². The minimum atomic E-state index is -0.463. The summed E-state index contributed by atoms with van der Waals surface area (Å²) in [7, 11) is 4.34. The molecule has 2 N–H and O–H groups in total. The molecule has 8 heteroatoms. The molecular formula is C36H66N4O4. The van der Waals surface area contributed by atoms with Gasteiger partial charge in [0.2, 0.25) is 0 Å². The zero-order valence-electron chi connectivity index (χ0n) is 28.8. The van der Waals surface area contributed by atoms with Gasteiger partial charge in [-0.25, -0.2) is 9.59 Å². The number of ether oxygens (including phenoxy) is 2. The van der Waals surface area contributed by atoms with Crippen molar-refractivity contribution in [3.8, 4) is 0 Å². The highest BCUT2D eigenvalue weighted by molar-refractivity contribution is 5.87. The number of rotatable bonds is 28. The molecule has 0 saturated carbocycles. The highest BCUT2D eigenvalue weighted by atomic mass is 16.6. The summed E-state index contributed by atoms with van der Waals surface area (Å²) in [4.78, 5) is 29.0. The van der Waals surface area contributed by atoms with Crippen LogP contribution in [0.4, 0.5) is 21.0 Å². The number of hydrogen-bond donors (Lipinski definition) is 2. The van der Waals surface area contributed by atoms with E-state index in [0.29, 0.717) is 24.6 Å². The molecule has 8 nitrogen and oxygen atoms in total. The number of hydrogen-bond acceptors (Lipinski definition) is 6. The predicted molar refractivity (Wildman–Crippen MR) is 186 cm³/mol. The largest absolute Gasteiger partial charge is 0.449 e. The lowest BCUT2D eigenvalue weighted by Crippen LogP contribution is -2.21. The fourth-order valence-corrected chi connectivity index (χ4v) is 5.14. The van der Waals surface area contributed by atoms with Gasteiger partial charge in [0.05, 0.1) is 13.2 Å². The van der Waals surface area contributed by atoms with E-state index < -0.39 is 12.2 Å². The lowest BCUT2D eigenvalue weighted by atomic mass is 10.1. The van der Waals surface area contributed by atoms with Crippen molar-refractivity contribution in [3.05, 3.63) is 24.3 Å². The van der Waals surface area contributed by atoms with E-state index in [-0.39, 0.29) is 0 Å². The first kappa shape index (κ1) is 39.7. The SMILES string of the molecule is CCCCCCCCCN(C)CCCCOC(=O)Nc1ccc(NC(=O)OCCCCN(C)CCCCCCCCC)cc1. The molecule has 0 atom stereocenters. The standard InChI is InChI=1S/C36H66N4O4/c1-5-7-9-11-13-15-17-27-39(3)29-19-21-31-43-35(41)37-33-23-25-34(26-24-33)38-36(42)44-32-22-20-30-40(4)28-18-16-14-12-10-8-6-2/h23-26H,5-22,27-32H2,1-4H3,(H,37,41)(H,38,42). The lowest BCUT2D eigenvalue weighted by Gasteiger charge is -2.16. The van der Waals surface area contributed by atoms with Crippen LogP contribution in [0.2, 0.25) is 0 Å². The highest BCUT2D eigenvalue weighted by Gasteiger charge is 2.07. The molecular weight excluding hydrogens is 552 g/mol. The molecule has 0 saturated heterocycles. The quantitative estimate of drug-likeness (QED) is 0.0910. The van der Waals surface area contributed by atoms with Crippen molar-refractivity contribution in [1.29, 1.82) is 0 Å². The van der Waals surface area contributed by atoms with Gasteiger partial charge in [-0.15, -0.1) is 0 Å². The van der Waals surface area contributed by atoms with Gasteiger partial charge in [0, 0.05) is 11.4 Å². The zero-order valence-corrected chi connectivity index (χ0v) is 28.8. The van der Waals surface area contributed by atoms with Gasteiger partial charge in [0.25, 0.3) is 0 Å². The maximum absolute atomic E-state index is 12.1. The lowest BCUT2D eigenvalue weighted by molar-refractivity contribution is 0.156. The van der Waals surface area contributed by atoms with Crippen molar-refractivity contribution in [2.24, 2.45) is 0 Å². The third-order valence-electron chi connectivity index (χ3n) is 8.00. The molecule has 0 bridgehead atoms. The predicted octanol–water partition coefficient (Wildman–Crippen LogP) is 9.71. The van der Waals surface area contributed by atoms with Crippen molar-refractivity contribution in [1.82, 2.24) is 9.80 Å². The van der Waals surface area contributed by atoms with Crippen LogP contribution in [0.25, 0.3) is 0 Å². The van der Waals surface area contributed by atoms with Gasteiger partial charge in [-0.05, 0) is 103 Å². The second-order valence-electron chi connectivity index (χ2n) is 12.4. The molecule has 0 aliphatic carbocycles. The number of carbonyl (C=O) groups is 2. The molecule has 0 aliphatic heterocycles. The maximum Gasteiger partial charge on any atom is 0.411 e. The summed E-state index contributed by atoms with van der Waals surface area (Å²) in [5.41, 5.74) is 1.23. The topological polar surface area (TPSA) is 83.1 Å². The molecule has 0 radical (unpaired) electrons. The van der Waals surface area contributed by atoms with Gasteiger partial charge in [-0.1, -0.05) is 90.9 Å². The zero-order chi connectivity index (χ0) is 32.1. The van der Waals surface area contributed by atoms with Crippen LogP contribution in [-0.2, 0) is 9.47 Å². The Morgan fingerprint density at radius 2 is 0.795 bits per heavy atom. The molecule has 44 heavy (non-hydrogen) atoms. The molecule has 254 valence electrons. The van der Waals surface area contributed by atoms with E-state index in [9.17, 15) is 9.59 Å². The van der Waals surface area contributed by atoms with Crippen molar-refractivity contribution >= 4 is 23.6 Å². The van der Waals surface area contributed by atoms with Crippen molar-refractivity contribution in [2.45, 2.75) is 129 Å². The van der Waals surface area contributed by atoms with Gasteiger partial charge in [0.1, 0.15) is 0 Å². The summed E-state index contributed by atoms with van der Waals surface area (Å²) >= 11 is 0. The van der Waals surface area contributed by atoms with E-state index in [2.05, 4.69) is 48.4 Å². The van der Waals surface area contributed by atoms with Gasteiger partial charge in [-0.3, -0.25) is 10.6 Å². The number of anilines is 2. The van der Waals surface area contributed by atoms with Gasteiger partial charge >= 0.3 is 12.2 Å². The van der Waals surface area contributed by atoms with Gasteiger partial charge in [0.15, 0.2) is 0 Å². The Labute approximate surface area is 270 Å². The van der Waals surface area contributed by atoms with E-state index in [1.807, 2.05) is 0 Å². The van der Waals surface area contributed by atoms with Crippen LogP contribution in [0.3, 0.4) is 0 Å². The Hall–Kier alpha value is -2.32. The Morgan fingerprint density at radius 3 is 1.14 bits per heavy atom. The Kier molecular flexibility index (Phi) is 25.4. The van der Waals surface area contributed by atoms with Crippen LogP contribution in [0.1, 0.15) is 129 Å². The number of unbranched alkanes of at least 4 members (excludes halogenated alkanes) is 14. The summed E-state index contributed by atoms with van der Waals surface area (Å²) in [6.07, 6.45) is 21.4. The second-order valence-corrected chi connectivity index (χ2v) is 12.4. The molecule has 1 aromatic rings. The number of amides is 2. The minimum Gasteiger partial charge on any atom is -0.449 e. The fraction of sp³-hybridized carbons (Fsp3) is 0.778. The molecule has 0 aliphatic rings. The summed E-state index contributed by atoms with van der Waals surface area (Å²) in [6, 6.07) is 6.93. The summed E-state index contributed by atoms with van der Waals surface area (Å²) in [5, 5.41) is 5.48. The van der Waals surface area contributed by atoms with E-state index in [1.165, 1.54) is 89.9 Å². The Bertz CT molecular complexity index is 754. The third-order valence-corrected chi connectivity index (χ3v) is 8.00. The van der Waals surface area contributed by atoms with E-state index in [0.717, 1.165) is 51.9 Å². The molecule has 0 heterocycles. The number of carbonyl (C=O) groups excluding carboxylic acids is 2. The molecule has 0 aromatic heterocycles. The van der Waals surface area contributed by atoms with E-state index in [1.54, 1.807) is 24.3 Å². The molecule has 2 amide bonds. The number of nitrogens with zero attached hydrogens (tertiary/aromatic N) is 2. The van der Waals surface area contributed by atoms with E-state index >= 15 is 0 Å². The van der Waals surface area contributed by atoms with Crippen molar-refractivity contribution < 1.29 is 19.1 Å². The second kappa shape index (κ2) is 28.2. The van der Waals surface area contributed by atoms with Crippen LogP contribution in [0.15, 0.2) is 24.3 Å². The maximum atomic E-state index is 12.1. The summed E-state index contributed by atoms with van der Waals surface area (Å²) in [5.74, 6) is 0. The van der Waals surface area contributed by atoms with E-state index in [4.69, 9.17) is 9.47 Å². The fourth-order valence-electron chi connectivity index (χ4n) is 5.14. The summed E-state index contributed by atoms with van der Waals surface area (Å²) in [6.45, 7) is 9.62. The molecule has 1 aromatic carbocycles. The highest BCUT2D eigenvalue weighted by Crippen LogP contribution is 2.14. The Balaban J connectivity index is 2.04. The van der Waals surface area contributed by atoms with Crippen LogP contribution in [0, 0.1) is 0 Å². The van der Waals surface area contributed by atoms with Gasteiger partial charge in [-0.2, -0.15) is 0 Å². The Morgan fingerprint density at radius 1 is 0.500 bits per heavy atom. The third kappa shape index (κ3) is 24.1. The first-order valence-electron chi connectivity index (χ1n) is 17.8. The van der Waals surface area contributed by atoms with Gasteiger partial charge < -0.3 is 19.3 Å². The molecule has 1 rings (SSSR count). The normalized spacial score (nSPS) is 11.2. The smallest absolute Gasteiger partial charge is 0.411 e. The van der Waals surface area contributed by atoms with Crippen LogP contribution >= 0.6 is 0 Å². The minimum absolute atomic E-state index is 0.401.